The molecule has 36 heavy (non-hydrogen) atoms. The molecule has 5 rings (SSSR count). The summed E-state index contributed by atoms with van der Waals surface area (Å²) in [5.74, 6) is 1.12. The molecule has 2 fully saturated rings. The van der Waals surface area contributed by atoms with Crippen LogP contribution in [-0.4, -0.2) is 79.6 Å². The third-order valence-corrected chi connectivity index (χ3v) is 7.69. The predicted molar refractivity (Wildman–Crippen MR) is 147 cm³/mol. The molecule has 2 aliphatic heterocycles. The summed E-state index contributed by atoms with van der Waals surface area (Å²) >= 11 is 0. The molecule has 3 aromatic carbocycles. The van der Waals surface area contributed by atoms with Crippen molar-refractivity contribution in [2.45, 2.75) is 32.1 Å². The quantitative estimate of drug-likeness (QED) is 0.445. The van der Waals surface area contributed by atoms with E-state index in [0.29, 0.717) is 0 Å². The predicted octanol–water partition coefficient (Wildman–Crippen LogP) is 5.10. The van der Waals surface area contributed by atoms with Crippen LogP contribution in [0.25, 0.3) is 10.8 Å². The molecule has 0 radical (unpaired) electrons. The topological polar surface area (TPSA) is 36.0 Å². The summed E-state index contributed by atoms with van der Waals surface area (Å²) in [5.41, 5.74) is 2.15. The number of benzene rings is 3. The zero-order chi connectivity index (χ0) is 24.6. The van der Waals surface area contributed by atoms with Crippen molar-refractivity contribution < 1.29 is 9.53 Å². The van der Waals surface area contributed by atoms with Gasteiger partial charge in [0.1, 0.15) is 12.4 Å². The Labute approximate surface area is 215 Å². The zero-order valence-electron chi connectivity index (χ0n) is 21.4. The molecule has 0 spiro atoms. The van der Waals surface area contributed by atoms with Gasteiger partial charge in [-0.2, -0.15) is 0 Å². The fraction of sp³-hybridized carbons (Fsp3) is 0.452. The van der Waals surface area contributed by atoms with E-state index in [0.717, 1.165) is 74.4 Å². The summed E-state index contributed by atoms with van der Waals surface area (Å²) in [6.45, 7) is 8.66. The minimum Gasteiger partial charge on any atom is -0.492 e. The van der Waals surface area contributed by atoms with E-state index < -0.39 is 0 Å². The molecular weight excluding hydrogens is 446 g/mol. The number of hydrogen-bond donors (Lipinski definition) is 0. The number of hydrogen-bond acceptors (Lipinski definition) is 4. The molecule has 5 heteroatoms. The van der Waals surface area contributed by atoms with Crippen molar-refractivity contribution in [1.82, 2.24) is 14.7 Å². The van der Waals surface area contributed by atoms with Crippen LogP contribution < -0.4 is 4.74 Å². The lowest BCUT2D eigenvalue weighted by atomic mass is 10.0. The summed E-state index contributed by atoms with van der Waals surface area (Å²) in [6, 6.07) is 22.8. The van der Waals surface area contributed by atoms with Crippen molar-refractivity contribution in [1.29, 1.82) is 0 Å². The number of ether oxygens (including phenoxy) is 1. The maximum Gasteiger partial charge on any atom is 0.254 e. The van der Waals surface area contributed by atoms with Gasteiger partial charge in [-0.25, -0.2) is 0 Å². The maximum atomic E-state index is 13.2. The molecule has 0 unspecified atom stereocenters. The summed E-state index contributed by atoms with van der Waals surface area (Å²) in [6.07, 6.45) is 6.41. The summed E-state index contributed by atoms with van der Waals surface area (Å²) < 4.78 is 6.01. The van der Waals surface area contributed by atoms with Gasteiger partial charge in [-0.15, -0.1) is 0 Å². The molecule has 0 bridgehead atoms. The Bertz CT molecular complexity index is 1110. The molecular formula is C31H39N3O2. The van der Waals surface area contributed by atoms with E-state index in [4.69, 9.17) is 4.74 Å². The first-order valence-corrected chi connectivity index (χ1v) is 13.7. The second-order valence-corrected chi connectivity index (χ2v) is 10.2. The van der Waals surface area contributed by atoms with Gasteiger partial charge >= 0.3 is 0 Å². The van der Waals surface area contributed by atoms with Gasteiger partial charge in [0, 0.05) is 44.8 Å². The number of amides is 1. The molecule has 0 aliphatic carbocycles. The summed E-state index contributed by atoms with van der Waals surface area (Å²) in [4.78, 5) is 20.2. The number of fused-ring (bicyclic) bond motifs is 1. The van der Waals surface area contributed by atoms with Crippen molar-refractivity contribution in [2.24, 2.45) is 0 Å². The van der Waals surface area contributed by atoms with Crippen LogP contribution in [0.2, 0.25) is 0 Å². The molecule has 0 saturated carbocycles. The molecule has 0 N–H and O–H groups in total. The lowest BCUT2D eigenvalue weighted by molar-refractivity contribution is 0.0640. The molecule has 1 amide bonds. The minimum absolute atomic E-state index is 0.151. The standard InChI is InChI=1S/C31H39N3O2/c35-31(30-11-7-9-27-8-3-4-10-29(27)30)34-22-20-33(21-23-34)19-16-26-12-14-28(15-13-26)36-25-24-32-17-5-1-2-6-18-32/h3-4,7-15H,1-2,5-6,16-25H2. The Morgan fingerprint density at radius 3 is 2.17 bits per heavy atom. The number of likely N-dealkylation sites (tertiary alicyclic amines) is 1. The first-order chi connectivity index (χ1) is 17.8. The average molecular weight is 486 g/mol. The molecule has 0 aromatic heterocycles. The van der Waals surface area contributed by atoms with E-state index in [2.05, 4.69) is 46.2 Å². The summed E-state index contributed by atoms with van der Waals surface area (Å²) in [5, 5.41) is 2.16. The maximum absolute atomic E-state index is 13.2. The third-order valence-electron chi connectivity index (χ3n) is 7.69. The Hall–Kier alpha value is -2.89. The van der Waals surface area contributed by atoms with E-state index in [1.165, 1.54) is 44.3 Å². The molecule has 190 valence electrons. The van der Waals surface area contributed by atoms with Gasteiger partial charge in [-0.3, -0.25) is 14.6 Å². The van der Waals surface area contributed by atoms with Gasteiger partial charge in [-0.05, 0) is 66.9 Å². The Morgan fingerprint density at radius 1 is 0.694 bits per heavy atom. The van der Waals surface area contributed by atoms with E-state index in [1.807, 2.05) is 35.2 Å². The largest absolute Gasteiger partial charge is 0.492 e. The van der Waals surface area contributed by atoms with Crippen LogP contribution in [0.4, 0.5) is 0 Å². The van der Waals surface area contributed by atoms with E-state index >= 15 is 0 Å². The van der Waals surface area contributed by atoms with E-state index in [9.17, 15) is 4.79 Å². The van der Waals surface area contributed by atoms with Crippen LogP contribution in [0, 0.1) is 0 Å². The smallest absolute Gasteiger partial charge is 0.254 e. The second-order valence-electron chi connectivity index (χ2n) is 10.2. The van der Waals surface area contributed by atoms with Gasteiger partial charge in [0.2, 0.25) is 0 Å². The summed E-state index contributed by atoms with van der Waals surface area (Å²) in [7, 11) is 0. The highest BCUT2D eigenvalue weighted by molar-refractivity contribution is 6.07. The highest BCUT2D eigenvalue weighted by atomic mass is 16.5. The molecule has 2 aliphatic rings. The Kier molecular flexibility index (Phi) is 8.52. The van der Waals surface area contributed by atoms with Crippen LogP contribution in [0.3, 0.4) is 0 Å². The number of nitrogens with zero attached hydrogens (tertiary/aromatic N) is 3. The molecule has 0 atom stereocenters. The SMILES string of the molecule is O=C(c1cccc2ccccc12)N1CCN(CCc2ccc(OCCN3CCCCCC3)cc2)CC1. The van der Waals surface area contributed by atoms with Gasteiger partial charge < -0.3 is 9.64 Å². The van der Waals surface area contributed by atoms with Crippen molar-refractivity contribution in [3.63, 3.8) is 0 Å². The Balaban J connectivity index is 1.04. The van der Waals surface area contributed by atoms with Crippen LogP contribution in [0.5, 0.6) is 5.75 Å². The Morgan fingerprint density at radius 2 is 1.39 bits per heavy atom. The number of carbonyl (C=O) groups is 1. The lowest BCUT2D eigenvalue weighted by Gasteiger charge is -2.35. The normalized spacial score (nSPS) is 17.7. The van der Waals surface area contributed by atoms with Gasteiger partial charge in [-0.1, -0.05) is 61.4 Å². The van der Waals surface area contributed by atoms with Crippen molar-refractivity contribution in [2.75, 3.05) is 59.0 Å². The number of piperazine rings is 1. The fourth-order valence-electron chi connectivity index (χ4n) is 5.45. The van der Waals surface area contributed by atoms with Gasteiger partial charge in [0.05, 0.1) is 0 Å². The van der Waals surface area contributed by atoms with Gasteiger partial charge in [0.15, 0.2) is 0 Å². The van der Waals surface area contributed by atoms with E-state index in [1.54, 1.807) is 0 Å². The number of rotatable bonds is 8. The molecule has 2 heterocycles. The first kappa shape index (κ1) is 24.8. The van der Waals surface area contributed by atoms with Crippen LogP contribution in [0.15, 0.2) is 66.7 Å². The van der Waals surface area contributed by atoms with Crippen molar-refractivity contribution >= 4 is 16.7 Å². The highest BCUT2D eigenvalue weighted by Crippen LogP contribution is 2.21. The number of carbonyl (C=O) groups excluding carboxylic acids is 1. The fourth-order valence-corrected chi connectivity index (χ4v) is 5.45. The highest BCUT2D eigenvalue weighted by Gasteiger charge is 2.23. The minimum atomic E-state index is 0.151. The molecule has 2 saturated heterocycles. The van der Waals surface area contributed by atoms with Crippen LogP contribution in [-0.2, 0) is 6.42 Å². The van der Waals surface area contributed by atoms with E-state index in [-0.39, 0.29) is 5.91 Å². The van der Waals surface area contributed by atoms with Crippen molar-refractivity contribution in [3.8, 4) is 5.75 Å². The lowest BCUT2D eigenvalue weighted by Crippen LogP contribution is -2.49. The zero-order valence-corrected chi connectivity index (χ0v) is 21.4. The van der Waals surface area contributed by atoms with Crippen molar-refractivity contribution in [3.05, 3.63) is 77.9 Å². The third kappa shape index (κ3) is 6.45. The van der Waals surface area contributed by atoms with Gasteiger partial charge in [0.25, 0.3) is 5.91 Å². The monoisotopic (exact) mass is 485 g/mol. The average Bonchev–Trinajstić information content (AvgIpc) is 3.21. The van der Waals surface area contributed by atoms with Crippen LogP contribution >= 0.6 is 0 Å². The van der Waals surface area contributed by atoms with Crippen LogP contribution in [0.1, 0.15) is 41.6 Å². The first-order valence-electron chi connectivity index (χ1n) is 13.7. The molecule has 5 nitrogen and oxygen atoms in total. The molecule has 3 aromatic rings. The second kappa shape index (κ2) is 12.4.